The summed E-state index contributed by atoms with van der Waals surface area (Å²) in [4.78, 5) is 15.4. The number of carbonyl (C=O) groups is 1. The average Bonchev–Trinajstić information content (AvgIpc) is 2.72. The molecule has 0 fully saturated rings. The van der Waals surface area contributed by atoms with Crippen molar-refractivity contribution in [3.05, 3.63) is 5.82 Å². The van der Waals surface area contributed by atoms with Crippen LogP contribution >= 0.6 is 11.8 Å². The summed E-state index contributed by atoms with van der Waals surface area (Å²) >= 11 is 1.29. The molecular weight excluding hydrogens is 238 g/mol. The number of hydrogen-bond donors (Lipinski definition) is 1. The molecule has 0 aliphatic rings. The third kappa shape index (κ3) is 6.31. The summed E-state index contributed by atoms with van der Waals surface area (Å²) in [6.07, 6.45) is 4.46. The molecule has 96 valence electrons. The summed E-state index contributed by atoms with van der Waals surface area (Å²) in [5.74, 6) is 0.819. The predicted molar refractivity (Wildman–Crippen MR) is 66.9 cm³/mol. The first-order chi connectivity index (χ1) is 8.22. The molecule has 0 unspecified atom stereocenters. The summed E-state index contributed by atoms with van der Waals surface area (Å²) < 4.78 is 5.09. The zero-order chi connectivity index (χ0) is 12.5. The van der Waals surface area contributed by atoms with Gasteiger partial charge in [-0.2, -0.15) is 0 Å². The molecule has 0 saturated carbocycles. The number of H-pyrrole nitrogens is 1. The van der Waals surface area contributed by atoms with Crippen LogP contribution in [0.4, 0.5) is 0 Å². The first-order valence-corrected chi connectivity index (χ1v) is 6.88. The van der Waals surface area contributed by atoms with Crippen molar-refractivity contribution in [2.45, 2.75) is 44.7 Å². The van der Waals surface area contributed by atoms with E-state index in [0.717, 1.165) is 18.7 Å². The number of thioether (sulfide) groups is 1. The monoisotopic (exact) mass is 257 g/mol. The summed E-state index contributed by atoms with van der Waals surface area (Å²) in [5.41, 5.74) is 0. The molecule has 0 aliphatic carbocycles. The predicted octanol–water partition coefficient (Wildman–Crippen LogP) is 2.33. The molecule has 0 bridgehead atoms. The molecule has 17 heavy (non-hydrogen) atoms. The van der Waals surface area contributed by atoms with Crippen LogP contribution in [0.25, 0.3) is 0 Å². The molecular formula is C11H19N3O2S. The van der Waals surface area contributed by atoms with Gasteiger partial charge in [0.05, 0.1) is 12.4 Å². The van der Waals surface area contributed by atoms with Crippen molar-refractivity contribution in [3.8, 4) is 0 Å². The summed E-state index contributed by atoms with van der Waals surface area (Å²) in [5, 5.41) is 7.24. The first kappa shape index (κ1) is 14.0. The largest absolute Gasteiger partial charge is 0.465 e. The lowest BCUT2D eigenvalue weighted by molar-refractivity contribution is -0.140. The first-order valence-electron chi connectivity index (χ1n) is 5.89. The molecule has 0 atom stereocenters. The third-order valence-electron chi connectivity index (χ3n) is 2.16. The van der Waals surface area contributed by atoms with E-state index in [4.69, 9.17) is 4.74 Å². The van der Waals surface area contributed by atoms with Gasteiger partial charge in [0.25, 0.3) is 0 Å². The highest BCUT2D eigenvalue weighted by molar-refractivity contribution is 7.99. The lowest BCUT2D eigenvalue weighted by Crippen LogP contribution is -2.08. The van der Waals surface area contributed by atoms with E-state index >= 15 is 0 Å². The molecule has 1 rings (SSSR count). The topological polar surface area (TPSA) is 67.9 Å². The van der Waals surface area contributed by atoms with E-state index in [9.17, 15) is 4.79 Å². The Bertz CT molecular complexity index is 341. The number of aryl methyl sites for hydroxylation is 1. The molecule has 6 heteroatoms. The molecule has 1 heterocycles. The minimum Gasteiger partial charge on any atom is -0.465 e. The van der Waals surface area contributed by atoms with Crippen molar-refractivity contribution in [1.82, 2.24) is 15.2 Å². The van der Waals surface area contributed by atoms with E-state index in [0.29, 0.717) is 11.8 Å². The number of rotatable bonds is 8. The lowest BCUT2D eigenvalue weighted by atomic mass is 10.2. The Kier molecular flexibility index (Phi) is 6.69. The number of nitrogens with one attached hydrogen (secondary N) is 1. The highest BCUT2D eigenvalue weighted by atomic mass is 32.2. The second-order valence-electron chi connectivity index (χ2n) is 3.77. The van der Waals surface area contributed by atoms with E-state index in [1.54, 1.807) is 0 Å². The van der Waals surface area contributed by atoms with Gasteiger partial charge in [0, 0.05) is 0 Å². The number of hydrogen-bond acceptors (Lipinski definition) is 5. The van der Waals surface area contributed by atoms with Crippen molar-refractivity contribution in [2.24, 2.45) is 0 Å². The molecule has 0 aliphatic heterocycles. The van der Waals surface area contributed by atoms with Crippen molar-refractivity contribution in [1.29, 1.82) is 0 Å². The Morgan fingerprint density at radius 3 is 2.88 bits per heavy atom. The van der Waals surface area contributed by atoms with Gasteiger partial charge in [0.15, 0.2) is 0 Å². The van der Waals surface area contributed by atoms with Gasteiger partial charge < -0.3 is 4.74 Å². The maximum atomic E-state index is 11.3. The van der Waals surface area contributed by atoms with Crippen LogP contribution < -0.4 is 0 Å². The van der Waals surface area contributed by atoms with Crippen LogP contribution in [-0.4, -0.2) is 33.5 Å². The highest BCUT2D eigenvalue weighted by Crippen LogP contribution is 2.12. The quantitative estimate of drug-likeness (QED) is 0.440. The minimum absolute atomic E-state index is 0.200. The van der Waals surface area contributed by atoms with Crippen molar-refractivity contribution in [3.63, 3.8) is 0 Å². The Labute approximate surface area is 106 Å². The van der Waals surface area contributed by atoms with Crippen LogP contribution in [-0.2, 0) is 9.53 Å². The second-order valence-corrected chi connectivity index (χ2v) is 4.72. The number of carbonyl (C=O) groups excluding carboxylic acids is 1. The van der Waals surface area contributed by atoms with E-state index in [1.165, 1.54) is 24.6 Å². The Morgan fingerprint density at radius 2 is 2.24 bits per heavy atom. The molecule has 0 spiro atoms. The lowest BCUT2D eigenvalue weighted by Gasteiger charge is -2.02. The number of esters is 1. The van der Waals surface area contributed by atoms with Crippen LogP contribution in [0.15, 0.2) is 5.16 Å². The van der Waals surface area contributed by atoms with E-state index < -0.39 is 0 Å². The summed E-state index contributed by atoms with van der Waals surface area (Å²) in [6, 6.07) is 0. The fourth-order valence-electron chi connectivity index (χ4n) is 1.27. The third-order valence-corrected chi connectivity index (χ3v) is 2.98. The van der Waals surface area contributed by atoms with Gasteiger partial charge in [-0.15, -0.1) is 5.10 Å². The van der Waals surface area contributed by atoms with Crippen LogP contribution in [0.3, 0.4) is 0 Å². The zero-order valence-corrected chi connectivity index (χ0v) is 11.2. The van der Waals surface area contributed by atoms with Crippen molar-refractivity contribution in [2.75, 3.05) is 12.4 Å². The summed E-state index contributed by atoms with van der Waals surface area (Å²) in [6.45, 7) is 4.50. The standard InChI is InChI=1S/C11H19N3O2S/c1-3-4-5-6-7-16-10(15)8-17-11-12-9(2)13-14-11/h3-8H2,1-2H3,(H,12,13,14). The van der Waals surface area contributed by atoms with Crippen molar-refractivity contribution < 1.29 is 9.53 Å². The molecule has 0 aromatic carbocycles. The number of ether oxygens (including phenoxy) is 1. The zero-order valence-electron chi connectivity index (χ0n) is 10.4. The number of aromatic nitrogens is 3. The van der Waals surface area contributed by atoms with Gasteiger partial charge in [-0.05, 0) is 13.3 Å². The summed E-state index contributed by atoms with van der Waals surface area (Å²) in [7, 11) is 0. The van der Waals surface area contributed by atoms with Crippen LogP contribution in [0.1, 0.15) is 38.4 Å². The van der Waals surface area contributed by atoms with E-state index in [1.807, 2.05) is 6.92 Å². The number of nitrogens with zero attached hydrogens (tertiary/aromatic N) is 2. The van der Waals surface area contributed by atoms with Gasteiger partial charge in [0.2, 0.25) is 5.16 Å². The smallest absolute Gasteiger partial charge is 0.316 e. The van der Waals surface area contributed by atoms with E-state index in [2.05, 4.69) is 22.1 Å². The molecule has 1 aromatic heterocycles. The van der Waals surface area contributed by atoms with Crippen LogP contribution in [0.5, 0.6) is 0 Å². The van der Waals surface area contributed by atoms with Gasteiger partial charge in [-0.1, -0.05) is 37.9 Å². The van der Waals surface area contributed by atoms with Gasteiger partial charge in [0.1, 0.15) is 5.82 Å². The second kappa shape index (κ2) is 8.11. The molecule has 0 saturated heterocycles. The highest BCUT2D eigenvalue weighted by Gasteiger charge is 2.06. The number of aromatic amines is 1. The van der Waals surface area contributed by atoms with Crippen LogP contribution in [0.2, 0.25) is 0 Å². The SMILES string of the molecule is CCCCCCOC(=O)CSc1n[nH]c(C)n1. The van der Waals surface area contributed by atoms with Gasteiger partial charge in [-0.25, -0.2) is 4.98 Å². The maximum Gasteiger partial charge on any atom is 0.316 e. The van der Waals surface area contributed by atoms with Gasteiger partial charge >= 0.3 is 5.97 Å². The minimum atomic E-state index is -0.200. The Morgan fingerprint density at radius 1 is 1.41 bits per heavy atom. The molecule has 1 aromatic rings. The van der Waals surface area contributed by atoms with Crippen molar-refractivity contribution >= 4 is 17.7 Å². The van der Waals surface area contributed by atoms with Gasteiger partial charge in [-0.3, -0.25) is 9.89 Å². The molecule has 5 nitrogen and oxygen atoms in total. The fourth-order valence-corrected chi connectivity index (χ4v) is 1.91. The molecule has 0 radical (unpaired) electrons. The molecule has 1 N–H and O–H groups in total. The number of unbranched alkanes of at least 4 members (excludes halogenated alkanes) is 3. The average molecular weight is 257 g/mol. The van der Waals surface area contributed by atoms with E-state index in [-0.39, 0.29) is 11.7 Å². The molecule has 0 amide bonds. The fraction of sp³-hybridized carbons (Fsp3) is 0.727. The maximum absolute atomic E-state index is 11.3. The Hall–Kier alpha value is -1.04. The van der Waals surface area contributed by atoms with Crippen LogP contribution in [0, 0.1) is 6.92 Å². The normalized spacial score (nSPS) is 10.5. The Balaban J connectivity index is 2.05.